The van der Waals surface area contributed by atoms with E-state index in [4.69, 9.17) is 1.37 Å². The SMILES string of the molecule is [2H]c1cc(-c2nc(C)c(C(=O)O)s2)cc(C#N)c1-c1cccc(C)c1. The lowest BCUT2D eigenvalue weighted by Gasteiger charge is -2.07. The van der Waals surface area contributed by atoms with E-state index in [1.54, 1.807) is 19.1 Å². The van der Waals surface area contributed by atoms with Gasteiger partial charge in [-0.1, -0.05) is 41.9 Å². The zero-order valence-corrected chi connectivity index (χ0v) is 13.9. The smallest absolute Gasteiger partial charge is 0.347 e. The van der Waals surface area contributed by atoms with E-state index in [9.17, 15) is 15.2 Å². The maximum absolute atomic E-state index is 11.2. The van der Waals surface area contributed by atoms with Crippen LogP contribution in [0.15, 0.2) is 42.4 Å². The quantitative estimate of drug-likeness (QED) is 0.755. The molecule has 0 fully saturated rings. The predicted molar refractivity (Wildman–Crippen MR) is 94.1 cm³/mol. The van der Waals surface area contributed by atoms with E-state index < -0.39 is 5.97 Å². The number of hydrogen-bond donors (Lipinski definition) is 1. The zero-order chi connectivity index (χ0) is 18.1. The number of aromatic carboxylic acids is 1. The van der Waals surface area contributed by atoms with Gasteiger partial charge in [-0.15, -0.1) is 11.3 Å². The molecule has 0 saturated carbocycles. The summed E-state index contributed by atoms with van der Waals surface area (Å²) in [5.74, 6) is -1.02. The van der Waals surface area contributed by atoms with Crippen LogP contribution in [0.1, 0.15) is 27.9 Å². The van der Waals surface area contributed by atoms with E-state index in [0.717, 1.165) is 22.5 Å². The fourth-order valence-corrected chi connectivity index (χ4v) is 3.36. The van der Waals surface area contributed by atoms with E-state index in [1.165, 1.54) is 0 Å². The molecule has 0 atom stereocenters. The molecule has 5 heteroatoms. The van der Waals surface area contributed by atoms with Crippen molar-refractivity contribution in [2.75, 3.05) is 0 Å². The summed E-state index contributed by atoms with van der Waals surface area (Å²) in [4.78, 5) is 15.7. The number of carbonyl (C=O) groups is 1. The van der Waals surface area contributed by atoms with Crippen molar-refractivity contribution in [3.63, 3.8) is 0 Å². The van der Waals surface area contributed by atoms with Gasteiger partial charge in [-0.2, -0.15) is 5.26 Å². The predicted octanol–water partition coefficient (Wildman–Crippen LogP) is 4.66. The maximum Gasteiger partial charge on any atom is 0.347 e. The first-order chi connectivity index (χ1) is 11.9. The molecule has 0 unspecified atom stereocenters. The molecule has 24 heavy (non-hydrogen) atoms. The molecule has 2 aromatic carbocycles. The molecule has 0 radical (unpaired) electrons. The number of nitrogens with zero attached hydrogens (tertiary/aromatic N) is 2. The summed E-state index contributed by atoms with van der Waals surface area (Å²) in [7, 11) is 0. The Kier molecular flexibility index (Phi) is 3.81. The van der Waals surface area contributed by atoms with Crippen molar-refractivity contribution in [2.45, 2.75) is 13.8 Å². The number of carboxylic acids is 1. The number of aryl methyl sites for hydroxylation is 2. The highest BCUT2D eigenvalue weighted by Crippen LogP contribution is 2.32. The van der Waals surface area contributed by atoms with Crippen LogP contribution in [0.3, 0.4) is 0 Å². The van der Waals surface area contributed by atoms with Crippen LogP contribution in [-0.4, -0.2) is 16.1 Å². The normalized spacial score (nSPS) is 11.0. The third-order valence-corrected chi connectivity index (χ3v) is 4.80. The molecule has 0 aliphatic rings. The van der Waals surface area contributed by atoms with Gasteiger partial charge >= 0.3 is 5.97 Å². The third kappa shape index (κ3) is 2.92. The second-order valence-corrected chi connectivity index (χ2v) is 6.40. The van der Waals surface area contributed by atoms with Crippen LogP contribution >= 0.6 is 11.3 Å². The highest BCUT2D eigenvalue weighted by Gasteiger charge is 2.16. The van der Waals surface area contributed by atoms with Gasteiger partial charge in [-0.3, -0.25) is 0 Å². The second-order valence-electron chi connectivity index (χ2n) is 5.40. The molecule has 0 bridgehead atoms. The summed E-state index contributed by atoms with van der Waals surface area (Å²) in [6, 6.07) is 13.3. The van der Waals surface area contributed by atoms with Crippen molar-refractivity contribution in [2.24, 2.45) is 0 Å². The van der Waals surface area contributed by atoms with Crippen molar-refractivity contribution in [3.8, 4) is 27.8 Å². The monoisotopic (exact) mass is 335 g/mol. The molecule has 1 N–H and O–H groups in total. The Balaban J connectivity index is 2.17. The number of rotatable bonds is 3. The fourth-order valence-electron chi connectivity index (χ4n) is 2.47. The average molecular weight is 335 g/mol. The van der Waals surface area contributed by atoms with E-state index in [-0.39, 0.29) is 10.9 Å². The van der Waals surface area contributed by atoms with Crippen LogP contribution in [-0.2, 0) is 0 Å². The van der Waals surface area contributed by atoms with E-state index in [1.807, 2.05) is 31.2 Å². The highest BCUT2D eigenvalue weighted by atomic mass is 32.1. The Bertz CT molecular complexity index is 1030. The Morgan fingerprint density at radius 2 is 2.08 bits per heavy atom. The largest absolute Gasteiger partial charge is 0.477 e. The van der Waals surface area contributed by atoms with Crippen molar-refractivity contribution in [1.29, 1.82) is 5.26 Å². The molecule has 0 saturated heterocycles. The van der Waals surface area contributed by atoms with Crippen molar-refractivity contribution >= 4 is 17.3 Å². The van der Waals surface area contributed by atoms with Gasteiger partial charge in [0.05, 0.1) is 18.7 Å². The van der Waals surface area contributed by atoms with Gasteiger partial charge in [0.2, 0.25) is 0 Å². The zero-order valence-electron chi connectivity index (χ0n) is 14.1. The van der Waals surface area contributed by atoms with Gasteiger partial charge in [0.1, 0.15) is 9.88 Å². The Morgan fingerprint density at radius 1 is 1.29 bits per heavy atom. The molecule has 1 aromatic heterocycles. The van der Waals surface area contributed by atoms with Crippen molar-refractivity contribution < 1.29 is 11.3 Å². The Hall–Kier alpha value is -2.97. The van der Waals surface area contributed by atoms with Crippen LogP contribution in [0.5, 0.6) is 0 Å². The van der Waals surface area contributed by atoms with Crippen LogP contribution in [0.4, 0.5) is 0 Å². The fraction of sp³-hybridized carbons (Fsp3) is 0.105. The van der Waals surface area contributed by atoms with Gasteiger partial charge in [0, 0.05) is 5.56 Å². The summed E-state index contributed by atoms with van der Waals surface area (Å²) in [5.41, 5.74) is 3.82. The lowest BCUT2D eigenvalue weighted by atomic mass is 9.97. The molecule has 0 amide bonds. The minimum absolute atomic E-state index is 0.169. The summed E-state index contributed by atoms with van der Waals surface area (Å²) < 4.78 is 8.37. The van der Waals surface area contributed by atoms with Gasteiger partial charge < -0.3 is 5.11 Å². The van der Waals surface area contributed by atoms with Crippen LogP contribution < -0.4 is 0 Å². The number of benzene rings is 2. The Labute approximate surface area is 145 Å². The molecule has 0 aliphatic heterocycles. The standard InChI is InChI=1S/C19H14N2O2S/c1-11-4-3-5-13(8-11)16-7-6-14(9-15(16)10-20)18-21-12(2)17(24-18)19(22)23/h3-9H,1-2H3,(H,22,23)/i7D. The molecule has 3 rings (SSSR count). The summed E-state index contributed by atoms with van der Waals surface area (Å²) >= 11 is 1.05. The topological polar surface area (TPSA) is 74.0 Å². The second kappa shape index (κ2) is 6.26. The first kappa shape index (κ1) is 14.6. The van der Waals surface area contributed by atoms with Crippen molar-refractivity contribution in [1.82, 2.24) is 4.98 Å². The van der Waals surface area contributed by atoms with Crippen LogP contribution in [0.25, 0.3) is 21.7 Å². The molecule has 1 heterocycles. The lowest BCUT2D eigenvalue weighted by molar-refractivity contribution is 0.0701. The molecule has 0 spiro atoms. The van der Waals surface area contributed by atoms with Crippen LogP contribution in [0.2, 0.25) is 0 Å². The first-order valence-electron chi connectivity index (χ1n) is 7.73. The molecular formula is C19H14N2O2S. The number of nitriles is 1. The molecule has 4 nitrogen and oxygen atoms in total. The number of thiazole rings is 1. The van der Waals surface area contributed by atoms with Gasteiger partial charge in [0.25, 0.3) is 0 Å². The average Bonchev–Trinajstić information content (AvgIpc) is 2.96. The van der Waals surface area contributed by atoms with Gasteiger partial charge in [0.15, 0.2) is 0 Å². The number of carboxylic acid groups (broad SMARTS) is 1. The van der Waals surface area contributed by atoms with E-state index in [0.29, 0.717) is 27.4 Å². The van der Waals surface area contributed by atoms with Gasteiger partial charge in [-0.25, -0.2) is 9.78 Å². The van der Waals surface area contributed by atoms with Crippen LogP contribution in [0, 0.1) is 25.2 Å². The molecule has 0 aliphatic carbocycles. The van der Waals surface area contributed by atoms with Crippen molar-refractivity contribution in [3.05, 3.63) is 64.1 Å². The van der Waals surface area contributed by atoms with E-state index >= 15 is 0 Å². The summed E-state index contributed by atoms with van der Waals surface area (Å²) in [6.45, 7) is 3.59. The summed E-state index contributed by atoms with van der Waals surface area (Å²) in [6.07, 6.45) is 0. The molecule has 3 aromatic rings. The first-order valence-corrected chi connectivity index (χ1v) is 8.05. The molecular weight excluding hydrogens is 320 g/mol. The maximum atomic E-state index is 11.2. The number of aromatic nitrogens is 1. The third-order valence-electron chi connectivity index (χ3n) is 3.61. The molecule has 118 valence electrons. The highest BCUT2D eigenvalue weighted by molar-refractivity contribution is 7.17. The minimum Gasteiger partial charge on any atom is -0.477 e. The summed E-state index contributed by atoms with van der Waals surface area (Å²) in [5, 5.41) is 19.2. The van der Waals surface area contributed by atoms with E-state index in [2.05, 4.69) is 11.1 Å². The van der Waals surface area contributed by atoms with Gasteiger partial charge in [-0.05, 0) is 31.0 Å². The number of hydrogen-bond acceptors (Lipinski definition) is 4. The minimum atomic E-state index is -1.02. The Morgan fingerprint density at radius 3 is 2.71 bits per heavy atom. The lowest BCUT2D eigenvalue weighted by Crippen LogP contribution is -1.94.